The standard InChI is InChI=1S/C17H18BrNO/c1-11-7-13(9-14(18)8-11)17-16-4-3-15(20-2)10-12(16)5-6-19-17/h3-4,7-10,17,19H,5-6H2,1-2H3. The Kier molecular flexibility index (Phi) is 3.81. The van der Waals surface area contributed by atoms with Crippen LogP contribution >= 0.6 is 15.9 Å². The van der Waals surface area contributed by atoms with E-state index in [1.54, 1.807) is 7.11 Å². The van der Waals surface area contributed by atoms with Crippen LogP contribution < -0.4 is 10.1 Å². The van der Waals surface area contributed by atoms with Crippen LogP contribution in [0.2, 0.25) is 0 Å². The molecule has 0 aliphatic carbocycles. The molecule has 0 spiro atoms. The number of rotatable bonds is 2. The summed E-state index contributed by atoms with van der Waals surface area (Å²) in [5, 5.41) is 3.62. The number of aryl methyl sites for hydroxylation is 1. The van der Waals surface area contributed by atoms with Crippen molar-refractivity contribution >= 4 is 15.9 Å². The van der Waals surface area contributed by atoms with Gasteiger partial charge in [-0.3, -0.25) is 0 Å². The lowest BCUT2D eigenvalue weighted by Gasteiger charge is -2.28. The van der Waals surface area contributed by atoms with Gasteiger partial charge in [0.2, 0.25) is 0 Å². The molecule has 2 aromatic carbocycles. The largest absolute Gasteiger partial charge is 0.497 e. The molecule has 0 radical (unpaired) electrons. The van der Waals surface area contributed by atoms with Crippen LogP contribution in [0, 0.1) is 6.92 Å². The maximum absolute atomic E-state index is 5.33. The van der Waals surface area contributed by atoms with Crippen molar-refractivity contribution in [2.45, 2.75) is 19.4 Å². The zero-order chi connectivity index (χ0) is 14.1. The number of hydrogen-bond acceptors (Lipinski definition) is 2. The van der Waals surface area contributed by atoms with E-state index in [1.807, 2.05) is 6.07 Å². The topological polar surface area (TPSA) is 21.3 Å². The summed E-state index contributed by atoms with van der Waals surface area (Å²) in [7, 11) is 1.72. The molecule has 0 fully saturated rings. The van der Waals surface area contributed by atoms with Crippen molar-refractivity contribution in [2.24, 2.45) is 0 Å². The van der Waals surface area contributed by atoms with Gasteiger partial charge in [-0.15, -0.1) is 0 Å². The Morgan fingerprint density at radius 1 is 1.20 bits per heavy atom. The number of halogens is 1. The SMILES string of the molecule is COc1ccc2c(c1)CCNC2c1cc(C)cc(Br)c1. The highest BCUT2D eigenvalue weighted by Crippen LogP contribution is 2.32. The molecule has 3 heteroatoms. The van der Waals surface area contributed by atoms with E-state index in [4.69, 9.17) is 4.74 Å². The van der Waals surface area contributed by atoms with Crippen LogP contribution in [0.1, 0.15) is 28.3 Å². The van der Waals surface area contributed by atoms with E-state index < -0.39 is 0 Å². The summed E-state index contributed by atoms with van der Waals surface area (Å²) < 4.78 is 6.47. The van der Waals surface area contributed by atoms with Crippen LogP contribution in [0.3, 0.4) is 0 Å². The maximum Gasteiger partial charge on any atom is 0.119 e. The van der Waals surface area contributed by atoms with Crippen molar-refractivity contribution in [1.29, 1.82) is 0 Å². The van der Waals surface area contributed by atoms with Crippen LogP contribution in [-0.2, 0) is 6.42 Å². The van der Waals surface area contributed by atoms with Gasteiger partial charge >= 0.3 is 0 Å². The molecule has 0 amide bonds. The Balaban J connectivity index is 2.05. The molecule has 1 N–H and O–H groups in total. The Hall–Kier alpha value is -1.32. The van der Waals surface area contributed by atoms with Gasteiger partial charge in [0.05, 0.1) is 13.2 Å². The second-order valence-corrected chi connectivity index (χ2v) is 6.18. The Morgan fingerprint density at radius 2 is 2.05 bits per heavy atom. The van der Waals surface area contributed by atoms with Gasteiger partial charge in [-0.05, 0) is 59.9 Å². The third-order valence-corrected chi connectivity index (χ3v) is 4.26. The van der Waals surface area contributed by atoms with E-state index in [1.165, 1.54) is 22.3 Å². The summed E-state index contributed by atoms with van der Waals surface area (Å²) in [5.74, 6) is 0.940. The lowest BCUT2D eigenvalue weighted by Crippen LogP contribution is -2.30. The second-order valence-electron chi connectivity index (χ2n) is 5.26. The average Bonchev–Trinajstić information content (AvgIpc) is 2.45. The Bertz CT molecular complexity index is 619. The van der Waals surface area contributed by atoms with Gasteiger partial charge in [-0.25, -0.2) is 0 Å². The van der Waals surface area contributed by atoms with Crippen molar-refractivity contribution in [2.75, 3.05) is 13.7 Å². The minimum absolute atomic E-state index is 0.265. The van der Waals surface area contributed by atoms with E-state index in [0.717, 1.165) is 23.2 Å². The molecule has 1 atom stereocenters. The van der Waals surface area contributed by atoms with Gasteiger partial charge in [-0.1, -0.05) is 28.1 Å². The maximum atomic E-state index is 5.33. The first-order chi connectivity index (χ1) is 9.67. The summed E-state index contributed by atoms with van der Waals surface area (Å²) in [6.45, 7) is 3.13. The molecular formula is C17H18BrNO. The third-order valence-electron chi connectivity index (χ3n) is 3.80. The van der Waals surface area contributed by atoms with E-state index in [9.17, 15) is 0 Å². The quantitative estimate of drug-likeness (QED) is 0.897. The second kappa shape index (κ2) is 5.58. The van der Waals surface area contributed by atoms with Gasteiger partial charge in [0.15, 0.2) is 0 Å². The van der Waals surface area contributed by atoms with Crippen LogP contribution in [-0.4, -0.2) is 13.7 Å². The fourth-order valence-electron chi connectivity index (χ4n) is 2.90. The molecule has 20 heavy (non-hydrogen) atoms. The minimum Gasteiger partial charge on any atom is -0.497 e. The number of ether oxygens (including phenoxy) is 1. The van der Waals surface area contributed by atoms with Crippen LogP contribution in [0.15, 0.2) is 40.9 Å². The van der Waals surface area contributed by atoms with Crippen molar-refractivity contribution in [3.05, 3.63) is 63.1 Å². The first kappa shape index (κ1) is 13.7. The molecule has 0 bridgehead atoms. The highest BCUT2D eigenvalue weighted by atomic mass is 79.9. The summed E-state index contributed by atoms with van der Waals surface area (Å²) in [6.07, 6.45) is 1.05. The first-order valence-electron chi connectivity index (χ1n) is 6.84. The lowest BCUT2D eigenvalue weighted by atomic mass is 9.89. The Labute approximate surface area is 128 Å². The number of fused-ring (bicyclic) bond motifs is 1. The van der Waals surface area contributed by atoms with Gasteiger partial charge in [0.25, 0.3) is 0 Å². The smallest absolute Gasteiger partial charge is 0.119 e. The lowest BCUT2D eigenvalue weighted by molar-refractivity contribution is 0.413. The predicted molar refractivity (Wildman–Crippen MR) is 85.4 cm³/mol. The molecule has 1 aliphatic heterocycles. The van der Waals surface area contributed by atoms with Crippen LogP contribution in [0.4, 0.5) is 0 Å². The normalized spacial score (nSPS) is 17.6. The number of hydrogen-bond donors (Lipinski definition) is 1. The third kappa shape index (κ3) is 2.60. The van der Waals surface area contributed by atoms with Crippen LogP contribution in [0.25, 0.3) is 0 Å². The van der Waals surface area contributed by atoms with Crippen molar-refractivity contribution < 1.29 is 4.74 Å². The zero-order valence-electron chi connectivity index (χ0n) is 11.7. The highest BCUT2D eigenvalue weighted by Gasteiger charge is 2.22. The first-order valence-corrected chi connectivity index (χ1v) is 7.64. The molecule has 2 nitrogen and oxygen atoms in total. The highest BCUT2D eigenvalue weighted by molar-refractivity contribution is 9.10. The van der Waals surface area contributed by atoms with Gasteiger partial charge in [0.1, 0.15) is 5.75 Å². The predicted octanol–water partition coefficient (Wildman–Crippen LogP) is 4.00. The van der Waals surface area contributed by atoms with E-state index in [2.05, 4.69) is 58.5 Å². The van der Waals surface area contributed by atoms with Crippen molar-refractivity contribution in [1.82, 2.24) is 5.32 Å². The summed E-state index contributed by atoms with van der Waals surface area (Å²) in [6, 6.07) is 13.2. The molecule has 3 rings (SSSR count). The van der Waals surface area contributed by atoms with E-state index in [-0.39, 0.29) is 6.04 Å². The summed E-state index contributed by atoms with van der Waals surface area (Å²) >= 11 is 3.59. The number of nitrogens with one attached hydrogen (secondary N) is 1. The zero-order valence-corrected chi connectivity index (χ0v) is 13.3. The molecular weight excluding hydrogens is 314 g/mol. The van der Waals surface area contributed by atoms with Crippen molar-refractivity contribution in [3.63, 3.8) is 0 Å². The molecule has 104 valence electrons. The number of benzene rings is 2. The van der Waals surface area contributed by atoms with Gasteiger partial charge in [-0.2, -0.15) is 0 Å². The molecule has 0 aromatic heterocycles. The minimum atomic E-state index is 0.265. The molecule has 0 saturated heterocycles. The van der Waals surface area contributed by atoms with E-state index in [0.29, 0.717) is 0 Å². The molecule has 1 unspecified atom stereocenters. The van der Waals surface area contributed by atoms with Gasteiger partial charge < -0.3 is 10.1 Å². The summed E-state index contributed by atoms with van der Waals surface area (Å²) in [5.41, 5.74) is 5.32. The van der Waals surface area contributed by atoms with Gasteiger partial charge in [0, 0.05) is 11.0 Å². The molecule has 1 heterocycles. The fraction of sp³-hybridized carbons (Fsp3) is 0.294. The fourth-order valence-corrected chi connectivity index (χ4v) is 3.52. The summed E-state index contributed by atoms with van der Waals surface area (Å²) in [4.78, 5) is 0. The Morgan fingerprint density at radius 3 is 2.80 bits per heavy atom. The number of methoxy groups -OCH3 is 1. The monoisotopic (exact) mass is 331 g/mol. The average molecular weight is 332 g/mol. The van der Waals surface area contributed by atoms with Crippen molar-refractivity contribution in [3.8, 4) is 5.75 Å². The van der Waals surface area contributed by atoms with E-state index >= 15 is 0 Å². The molecule has 1 aliphatic rings. The molecule has 2 aromatic rings. The molecule has 0 saturated carbocycles. The van der Waals surface area contributed by atoms with Crippen LogP contribution in [0.5, 0.6) is 5.75 Å².